The Morgan fingerprint density at radius 3 is 2.78 bits per heavy atom. The van der Waals surface area contributed by atoms with Crippen LogP contribution in [0.2, 0.25) is 0 Å². The summed E-state index contributed by atoms with van der Waals surface area (Å²) < 4.78 is 19.0. The molecule has 0 bridgehead atoms. The van der Waals surface area contributed by atoms with E-state index < -0.39 is 0 Å². The van der Waals surface area contributed by atoms with Crippen molar-refractivity contribution in [2.24, 2.45) is 0 Å². The molecule has 3 heteroatoms. The molecule has 0 radical (unpaired) electrons. The third-order valence-electron chi connectivity index (χ3n) is 3.63. The Hall–Kier alpha value is -0.930. The first-order chi connectivity index (χ1) is 8.70. The fourth-order valence-electron chi connectivity index (χ4n) is 2.52. The van der Waals surface area contributed by atoms with Gasteiger partial charge in [0.2, 0.25) is 0 Å². The summed E-state index contributed by atoms with van der Waals surface area (Å²) in [6, 6.07) is 7.62. The molecule has 100 valence electrons. The van der Waals surface area contributed by atoms with Gasteiger partial charge in [0, 0.05) is 19.2 Å². The molecule has 0 heterocycles. The zero-order valence-electron chi connectivity index (χ0n) is 11.2. The monoisotopic (exact) mass is 251 g/mol. The second kappa shape index (κ2) is 6.30. The van der Waals surface area contributed by atoms with Gasteiger partial charge >= 0.3 is 0 Å². The summed E-state index contributed by atoms with van der Waals surface area (Å²) in [6.07, 6.45) is 2.31. The molecule has 1 aromatic carbocycles. The van der Waals surface area contributed by atoms with Crippen LogP contribution in [-0.4, -0.2) is 25.3 Å². The maximum absolute atomic E-state index is 13.6. The smallest absolute Gasteiger partial charge is 0.126 e. The lowest BCUT2D eigenvalue weighted by atomic mass is 9.75. The van der Waals surface area contributed by atoms with Crippen LogP contribution < -0.4 is 5.32 Å². The van der Waals surface area contributed by atoms with Gasteiger partial charge in [-0.25, -0.2) is 4.39 Å². The topological polar surface area (TPSA) is 21.3 Å². The van der Waals surface area contributed by atoms with Crippen molar-refractivity contribution < 1.29 is 9.13 Å². The van der Waals surface area contributed by atoms with Gasteiger partial charge in [-0.15, -0.1) is 0 Å². The molecule has 0 aromatic heterocycles. The lowest BCUT2D eigenvalue weighted by Crippen LogP contribution is -2.43. The highest BCUT2D eigenvalue weighted by Crippen LogP contribution is 2.37. The molecule has 2 rings (SSSR count). The Bertz CT molecular complexity index is 377. The van der Waals surface area contributed by atoms with Gasteiger partial charge in [0.25, 0.3) is 0 Å². The Kier molecular flexibility index (Phi) is 4.72. The lowest BCUT2D eigenvalue weighted by molar-refractivity contribution is 0.0702. The minimum Gasteiger partial charge on any atom is -0.377 e. The summed E-state index contributed by atoms with van der Waals surface area (Å²) >= 11 is 0. The molecule has 1 N–H and O–H groups in total. The van der Waals surface area contributed by atoms with Crippen LogP contribution in [-0.2, 0) is 4.74 Å². The normalized spacial score (nSPS) is 24.6. The molecule has 1 atom stereocenters. The van der Waals surface area contributed by atoms with E-state index in [0.717, 1.165) is 31.6 Å². The Labute approximate surface area is 109 Å². The molecule has 1 fully saturated rings. The fraction of sp³-hybridized carbons (Fsp3) is 0.600. The van der Waals surface area contributed by atoms with Crippen LogP contribution >= 0.6 is 0 Å². The molecular formula is C15H22FNO. The van der Waals surface area contributed by atoms with E-state index in [-0.39, 0.29) is 11.9 Å². The van der Waals surface area contributed by atoms with Gasteiger partial charge in [0.1, 0.15) is 5.82 Å². The van der Waals surface area contributed by atoms with Crippen LogP contribution in [0.4, 0.5) is 4.39 Å². The van der Waals surface area contributed by atoms with Gasteiger partial charge in [0.05, 0.1) is 6.10 Å². The van der Waals surface area contributed by atoms with E-state index in [1.807, 2.05) is 19.1 Å². The molecule has 2 nitrogen and oxygen atoms in total. The van der Waals surface area contributed by atoms with E-state index in [9.17, 15) is 4.39 Å². The summed E-state index contributed by atoms with van der Waals surface area (Å²) in [4.78, 5) is 0. The SMILES string of the molecule is CCOC(C)CNC1CC(c2ccccc2F)C1. The minimum atomic E-state index is -0.0661. The van der Waals surface area contributed by atoms with E-state index in [0.29, 0.717) is 12.0 Å². The Balaban J connectivity index is 1.73. The average Bonchev–Trinajstić information content (AvgIpc) is 2.29. The zero-order valence-corrected chi connectivity index (χ0v) is 11.2. The summed E-state index contributed by atoms with van der Waals surface area (Å²) in [6.45, 7) is 5.71. The van der Waals surface area contributed by atoms with Crippen molar-refractivity contribution in [1.82, 2.24) is 5.32 Å². The largest absolute Gasteiger partial charge is 0.377 e. The first-order valence-electron chi connectivity index (χ1n) is 6.80. The number of ether oxygens (including phenoxy) is 1. The van der Waals surface area contributed by atoms with Crippen molar-refractivity contribution in [1.29, 1.82) is 0 Å². The molecule has 0 amide bonds. The average molecular weight is 251 g/mol. The van der Waals surface area contributed by atoms with E-state index in [2.05, 4.69) is 12.2 Å². The van der Waals surface area contributed by atoms with Crippen molar-refractivity contribution >= 4 is 0 Å². The Morgan fingerprint density at radius 1 is 1.39 bits per heavy atom. The second-order valence-electron chi connectivity index (χ2n) is 5.06. The van der Waals surface area contributed by atoms with Crippen molar-refractivity contribution in [2.75, 3.05) is 13.2 Å². The van der Waals surface area contributed by atoms with Gasteiger partial charge in [0.15, 0.2) is 0 Å². The van der Waals surface area contributed by atoms with Crippen molar-refractivity contribution in [3.05, 3.63) is 35.6 Å². The molecule has 18 heavy (non-hydrogen) atoms. The van der Waals surface area contributed by atoms with Crippen LogP contribution in [0, 0.1) is 5.82 Å². The Morgan fingerprint density at radius 2 is 2.11 bits per heavy atom. The molecule has 1 aliphatic rings. The summed E-state index contributed by atoms with van der Waals surface area (Å²) in [5.41, 5.74) is 0.869. The van der Waals surface area contributed by atoms with E-state index in [1.165, 1.54) is 0 Å². The van der Waals surface area contributed by atoms with Gasteiger partial charge in [-0.2, -0.15) is 0 Å². The van der Waals surface area contributed by atoms with E-state index >= 15 is 0 Å². The molecular weight excluding hydrogens is 229 g/mol. The summed E-state index contributed by atoms with van der Waals surface area (Å²) in [5, 5.41) is 3.48. The molecule has 1 saturated carbocycles. The number of nitrogens with one attached hydrogen (secondary N) is 1. The van der Waals surface area contributed by atoms with Gasteiger partial charge in [-0.05, 0) is 44.2 Å². The predicted molar refractivity (Wildman–Crippen MR) is 71.3 cm³/mol. The first-order valence-corrected chi connectivity index (χ1v) is 6.80. The standard InChI is InChI=1S/C15H22FNO/c1-3-18-11(2)10-17-13-8-12(9-13)14-6-4-5-7-15(14)16/h4-7,11-13,17H,3,8-10H2,1-2H3. The van der Waals surface area contributed by atoms with Gasteiger partial charge < -0.3 is 10.1 Å². The van der Waals surface area contributed by atoms with Crippen molar-refractivity contribution in [2.45, 2.75) is 44.8 Å². The maximum Gasteiger partial charge on any atom is 0.126 e. The maximum atomic E-state index is 13.6. The minimum absolute atomic E-state index is 0.0661. The summed E-state index contributed by atoms with van der Waals surface area (Å²) in [7, 11) is 0. The highest BCUT2D eigenvalue weighted by molar-refractivity contribution is 5.24. The van der Waals surface area contributed by atoms with Gasteiger partial charge in [-0.3, -0.25) is 0 Å². The third kappa shape index (κ3) is 3.30. The van der Waals surface area contributed by atoms with Crippen LogP contribution in [0.3, 0.4) is 0 Å². The quantitative estimate of drug-likeness (QED) is 0.839. The number of rotatable bonds is 6. The van der Waals surface area contributed by atoms with E-state index in [4.69, 9.17) is 4.74 Å². The molecule has 1 aliphatic carbocycles. The zero-order chi connectivity index (χ0) is 13.0. The molecule has 0 saturated heterocycles. The third-order valence-corrected chi connectivity index (χ3v) is 3.63. The van der Waals surface area contributed by atoms with Gasteiger partial charge in [-0.1, -0.05) is 18.2 Å². The van der Waals surface area contributed by atoms with Crippen LogP contribution in [0.25, 0.3) is 0 Å². The predicted octanol–water partition coefficient (Wildman–Crippen LogP) is 3.09. The van der Waals surface area contributed by atoms with E-state index in [1.54, 1.807) is 12.1 Å². The molecule has 1 aromatic rings. The highest BCUT2D eigenvalue weighted by atomic mass is 19.1. The molecule has 0 spiro atoms. The van der Waals surface area contributed by atoms with Crippen molar-refractivity contribution in [3.63, 3.8) is 0 Å². The summed E-state index contributed by atoms with van der Waals surface area (Å²) in [5.74, 6) is 0.315. The highest BCUT2D eigenvalue weighted by Gasteiger charge is 2.31. The molecule has 0 aliphatic heterocycles. The second-order valence-corrected chi connectivity index (χ2v) is 5.06. The van der Waals surface area contributed by atoms with Crippen LogP contribution in [0.5, 0.6) is 0 Å². The molecule has 1 unspecified atom stereocenters. The number of hydrogen-bond acceptors (Lipinski definition) is 2. The van der Waals surface area contributed by atoms with Crippen LogP contribution in [0.1, 0.15) is 38.2 Å². The number of hydrogen-bond donors (Lipinski definition) is 1. The number of benzene rings is 1. The number of halogens is 1. The van der Waals surface area contributed by atoms with Crippen molar-refractivity contribution in [3.8, 4) is 0 Å². The first kappa shape index (κ1) is 13.5. The fourth-order valence-corrected chi connectivity index (χ4v) is 2.52. The lowest BCUT2D eigenvalue weighted by Gasteiger charge is -2.37. The van der Waals surface area contributed by atoms with Crippen LogP contribution in [0.15, 0.2) is 24.3 Å².